The van der Waals surface area contributed by atoms with Crippen molar-refractivity contribution < 1.29 is 9.52 Å². The van der Waals surface area contributed by atoms with E-state index in [1.165, 1.54) is 12.0 Å². The minimum absolute atomic E-state index is 0.0164. The Hall–Kier alpha value is -1.39. The molecule has 1 unspecified atom stereocenters. The molecular weight excluding hydrogens is 240 g/mol. The third-order valence-electron chi connectivity index (χ3n) is 4.42. The summed E-state index contributed by atoms with van der Waals surface area (Å²) in [5.41, 5.74) is 2.86. The van der Waals surface area contributed by atoms with Gasteiger partial charge in [-0.05, 0) is 37.6 Å². The summed E-state index contributed by atoms with van der Waals surface area (Å²) >= 11 is 0. The van der Waals surface area contributed by atoms with Crippen LogP contribution in [-0.2, 0) is 0 Å². The van der Waals surface area contributed by atoms with E-state index < -0.39 is 0 Å². The Morgan fingerprint density at radius 3 is 2.84 bits per heavy atom. The van der Waals surface area contributed by atoms with Gasteiger partial charge in [0.2, 0.25) is 0 Å². The smallest absolute Gasteiger partial charge is 0.192 e. The highest BCUT2D eigenvalue weighted by Crippen LogP contribution is 2.49. The summed E-state index contributed by atoms with van der Waals surface area (Å²) in [6, 6.07) is 6.30. The van der Waals surface area contributed by atoms with Gasteiger partial charge in [-0.25, -0.2) is 4.98 Å². The lowest BCUT2D eigenvalue weighted by molar-refractivity contribution is 0.00785. The first-order valence-electron chi connectivity index (χ1n) is 6.84. The molecular formula is C15H20N2O2. The van der Waals surface area contributed by atoms with E-state index in [1.54, 1.807) is 0 Å². The highest BCUT2D eigenvalue weighted by atomic mass is 16.3. The summed E-state index contributed by atoms with van der Waals surface area (Å²) in [5, 5.41) is 13.1. The number of aliphatic hydroxyl groups excluding tert-OH is 1. The largest absolute Gasteiger partial charge is 0.441 e. The molecule has 1 saturated carbocycles. The summed E-state index contributed by atoms with van der Waals surface area (Å²) in [5.74, 6) is 0.689. The van der Waals surface area contributed by atoms with Crippen molar-refractivity contribution in [3.05, 3.63) is 29.7 Å². The number of hydrogen-bond acceptors (Lipinski definition) is 4. The second-order valence-corrected chi connectivity index (χ2v) is 5.56. The molecule has 1 aliphatic rings. The topological polar surface area (TPSA) is 58.3 Å². The Bertz CT molecular complexity index is 581. The van der Waals surface area contributed by atoms with Gasteiger partial charge in [0.1, 0.15) is 5.52 Å². The van der Waals surface area contributed by atoms with Gasteiger partial charge < -0.3 is 14.8 Å². The molecule has 1 atom stereocenters. The van der Waals surface area contributed by atoms with Crippen molar-refractivity contribution in [2.24, 2.45) is 5.41 Å². The van der Waals surface area contributed by atoms with Gasteiger partial charge in [0.25, 0.3) is 0 Å². The van der Waals surface area contributed by atoms with Crippen LogP contribution in [0.4, 0.5) is 0 Å². The molecule has 0 amide bonds. The van der Waals surface area contributed by atoms with Gasteiger partial charge in [-0.1, -0.05) is 12.5 Å². The fraction of sp³-hybridized carbons (Fsp3) is 0.533. The Balaban J connectivity index is 2.01. The predicted molar refractivity (Wildman–Crippen MR) is 73.9 cm³/mol. The number of benzene rings is 1. The number of oxazole rings is 1. The maximum absolute atomic E-state index is 9.74. The molecule has 1 heterocycles. The van der Waals surface area contributed by atoms with Crippen molar-refractivity contribution in [3.63, 3.8) is 0 Å². The molecule has 0 bridgehead atoms. The van der Waals surface area contributed by atoms with Crippen LogP contribution in [0, 0.1) is 12.3 Å². The molecule has 4 nitrogen and oxygen atoms in total. The first kappa shape index (κ1) is 12.6. The molecule has 0 aliphatic heterocycles. The number of aliphatic hydroxyl groups is 1. The minimum atomic E-state index is -0.0164. The normalized spacial score (nSPS) is 19.3. The van der Waals surface area contributed by atoms with E-state index in [9.17, 15) is 5.11 Å². The van der Waals surface area contributed by atoms with E-state index >= 15 is 0 Å². The maximum atomic E-state index is 9.74. The van der Waals surface area contributed by atoms with E-state index in [1.807, 2.05) is 26.1 Å². The molecule has 1 aliphatic carbocycles. The zero-order chi connectivity index (χ0) is 13.5. The molecule has 1 fully saturated rings. The Kier molecular flexibility index (Phi) is 3.07. The van der Waals surface area contributed by atoms with Crippen molar-refractivity contribution in [2.75, 3.05) is 13.7 Å². The third-order valence-corrected chi connectivity index (χ3v) is 4.42. The van der Waals surface area contributed by atoms with Gasteiger partial charge in [0.05, 0.1) is 6.61 Å². The molecule has 1 aromatic heterocycles. The van der Waals surface area contributed by atoms with Crippen molar-refractivity contribution in [1.82, 2.24) is 10.3 Å². The van der Waals surface area contributed by atoms with Crippen LogP contribution in [0.1, 0.15) is 36.8 Å². The van der Waals surface area contributed by atoms with Crippen molar-refractivity contribution in [2.45, 2.75) is 32.2 Å². The van der Waals surface area contributed by atoms with Gasteiger partial charge in [0, 0.05) is 18.4 Å². The number of hydrogen-bond donors (Lipinski definition) is 2. The van der Waals surface area contributed by atoms with Gasteiger partial charge in [-0.2, -0.15) is 0 Å². The van der Waals surface area contributed by atoms with Crippen LogP contribution in [0.25, 0.3) is 11.1 Å². The summed E-state index contributed by atoms with van der Waals surface area (Å²) < 4.78 is 5.60. The molecule has 102 valence electrons. The van der Waals surface area contributed by atoms with Gasteiger partial charge in [-0.15, -0.1) is 0 Å². The molecule has 1 aromatic carbocycles. The Morgan fingerprint density at radius 2 is 2.26 bits per heavy atom. The van der Waals surface area contributed by atoms with Crippen LogP contribution in [0.3, 0.4) is 0 Å². The molecule has 0 radical (unpaired) electrons. The van der Waals surface area contributed by atoms with Crippen LogP contribution >= 0.6 is 0 Å². The highest BCUT2D eigenvalue weighted by Gasteiger charge is 2.43. The number of rotatable bonds is 4. The number of nitrogens with zero attached hydrogens (tertiary/aromatic N) is 1. The van der Waals surface area contributed by atoms with Crippen LogP contribution in [0.15, 0.2) is 22.6 Å². The fourth-order valence-corrected chi connectivity index (χ4v) is 3.23. The van der Waals surface area contributed by atoms with E-state index in [4.69, 9.17) is 4.42 Å². The van der Waals surface area contributed by atoms with Crippen molar-refractivity contribution in [3.8, 4) is 0 Å². The zero-order valence-electron chi connectivity index (χ0n) is 11.4. The predicted octanol–water partition coefficient (Wildman–Crippen LogP) is 2.56. The van der Waals surface area contributed by atoms with Crippen molar-refractivity contribution >= 4 is 11.1 Å². The molecule has 4 heteroatoms. The quantitative estimate of drug-likeness (QED) is 0.887. The summed E-state index contributed by atoms with van der Waals surface area (Å²) in [4.78, 5) is 4.32. The molecule has 3 rings (SSSR count). The maximum Gasteiger partial charge on any atom is 0.192 e. The molecule has 19 heavy (non-hydrogen) atoms. The van der Waals surface area contributed by atoms with E-state index in [0.717, 1.165) is 23.9 Å². The number of nitrogens with one attached hydrogen (secondary N) is 1. The third kappa shape index (κ3) is 1.95. The fourth-order valence-electron chi connectivity index (χ4n) is 3.23. The van der Waals surface area contributed by atoms with Gasteiger partial charge in [-0.3, -0.25) is 0 Å². The summed E-state index contributed by atoms with van der Waals surface area (Å²) in [7, 11) is 1.95. The van der Waals surface area contributed by atoms with Crippen LogP contribution in [-0.4, -0.2) is 23.7 Å². The molecule has 2 aromatic rings. The average Bonchev–Trinajstić information content (AvgIpc) is 2.72. The van der Waals surface area contributed by atoms with E-state index in [0.29, 0.717) is 5.89 Å². The monoisotopic (exact) mass is 260 g/mol. The average molecular weight is 260 g/mol. The Morgan fingerprint density at radius 1 is 1.47 bits per heavy atom. The van der Waals surface area contributed by atoms with Crippen LogP contribution in [0.5, 0.6) is 0 Å². The standard InChI is InChI=1S/C15H20N2O2/c1-10-17-12-5-4-11(8-13(12)19-10)14(16-2)15(9-18)6-3-7-15/h4-5,8,14,16,18H,3,6-7,9H2,1-2H3. The molecule has 2 N–H and O–H groups in total. The van der Waals surface area contributed by atoms with Gasteiger partial charge in [0.15, 0.2) is 11.5 Å². The lowest BCUT2D eigenvalue weighted by atomic mass is 9.63. The van der Waals surface area contributed by atoms with Crippen LogP contribution in [0.2, 0.25) is 0 Å². The summed E-state index contributed by atoms with van der Waals surface area (Å²) in [6.45, 7) is 2.09. The highest BCUT2D eigenvalue weighted by molar-refractivity contribution is 5.73. The number of aryl methyl sites for hydroxylation is 1. The minimum Gasteiger partial charge on any atom is -0.441 e. The Labute approximate surface area is 112 Å². The second kappa shape index (κ2) is 4.62. The first-order valence-corrected chi connectivity index (χ1v) is 6.84. The molecule has 0 spiro atoms. The number of fused-ring (bicyclic) bond motifs is 1. The lowest BCUT2D eigenvalue weighted by Crippen LogP contribution is -2.44. The first-order chi connectivity index (χ1) is 9.18. The van der Waals surface area contributed by atoms with E-state index in [-0.39, 0.29) is 18.1 Å². The summed E-state index contributed by atoms with van der Waals surface area (Å²) in [6.07, 6.45) is 3.34. The van der Waals surface area contributed by atoms with Crippen molar-refractivity contribution in [1.29, 1.82) is 0 Å². The lowest BCUT2D eigenvalue weighted by Gasteiger charge is -2.46. The number of aromatic nitrogens is 1. The SMILES string of the molecule is CNC(c1ccc2nc(C)oc2c1)C1(CO)CCC1. The zero-order valence-corrected chi connectivity index (χ0v) is 11.4. The van der Waals surface area contributed by atoms with Crippen LogP contribution < -0.4 is 5.32 Å². The second-order valence-electron chi connectivity index (χ2n) is 5.56. The van der Waals surface area contributed by atoms with E-state index in [2.05, 4.69) is 16.4 Å². The van der Waals surface area contributed by atoms with Gasteiger partial charge >= 0.3 is 0 Å². The molecule has 0 saturated heterocycles.